The van der Waals surface area contributed by atoms with Gasteiger partial charge >= 0.3 is 5.97 Å². The molecule has 0 saturated heterocycles. The second-order valence-corrected chi connectivity index (χ2v) is 5.52. The summed E-state index contributed by atoms with van der Waals surface area (Å²) in [7, 11) is 0. The van der Waals surface area contributed by atoms with E-state index in [2.05, 4.69) is 5.32 Å². The van der Waals surface area contributed by atoms with E-state index >= 15 is 0 Å². The molecule has 0 heterocycles. The Kier molecular flexibility index (Phi) is 5.95. The standard InChI is InChI=1S/C19H21NO4/c1-3-16(24-15-11-7-8-13(2)12-15)18(21)20-17(19(22)23)14-9-5-4-6-10-14/h4-12,16-17H,3H2,1-2H3,(H,20,21)(H,22,23)/t16?,17-/m1/s1. The van der Waals surface area contributed by atoms with Gasteiger partial charge in [-0.05, 0) is 36.6 Å². The monoisotopic (exact) mass is 327 g/mol. The molecule has 126 valence electrons. The van der Waals surface area contributed by atoms with Crippen LogP contribution < -0.4 is 10.1 Å². The number of aliphatic carboxylic acids is 1. The van der Waals surface area contributed by atoms with Crippen molar-refractivity contribution in [2.75, 3.05) is 0 Å². The molecule has 0 aromatic heterocycles. The van der Waals surface area contributed by atoms with Gasteiger partial charge in [0.25, 0.3) is 5.91 Å². The zero-order chi connectivity index (χ0) is 17.5. The van der Waals surface area contributed by atoms with Crippen LogP contribution in [0, 0.1) is 6.92 Å². The average Bonchev–Trinajstić information content (AvgIpc) is 2.58. The van der Waals surface area contributed by atoms with Crippen molar-refractivity contribution < 1.29 is 19.4 Å². The summed E-state index contributed by atoms with van der Waals surface area (Å²) < 4.78 is 5.72. The van der Waals surface area contributed by atoms with Crippen molar-refractivity contribution in [2.45, 2.75) is 32.4 Å². The SMILES string of the molecule is CCC(Oc1cccc(C)c1)C(=O)N[C@@H](C(=O)O)c1ccccc1. The second kappa shape index (κ2) is 8.15. The van der Waals surface area contributed by atoms with Crippen molar-refractivity contribution in [2.24, 2.45) is 0 Å². The number of aryl methyl sites for hydroxylation is 1. The number of rotatable bonds is 7. The molecular formula is C19H21NO4. The molecule has 0 aliphatic heterocycles. The molecule has 1 unspecified atom stereocenters. The highest BCUT2D eigenvalue weighted by Gasteiger charge is 2.26. The first-order valence-corrected chi connectivity index (χ1v) is 7.82. The maximum Gasteiger partial charge on any atom is 0.330 e. The van der Waals surface area contributed by atoms with E-state index in [1.807, 2.05) is 32.0 Å². The zero-order valence-corrected chi connectivity index (χ0v) is 13.7. The van der Waals surface area contributed by atoms with Crippen molar-refractivity contribution in [3.05, 3.63) is 65.7 Å². The number of nitrogens with one attached hydrogen (secondary N) is 1. The first kappa shape index (κ1) is 17.5. The van der Waals surface area contributed by atoms with E-state index in [4.69, 9.17) is 4.74 Å². The number of ether oxygens (including phenoxy) is 1. The van der Waals surface area contributed by atoms with Gasteiger partial charge in [-0.25, -0.2) is 4.79 Å². The normalized spacial score (nSPS) is 12.9. The Morgan fingerprint density at radius 2 is 1.83 bits per heavy atom. The van der Waals surface area contributed by atoms with Crippen molar-refractivity contribution in [3.63, 3.8) is 0 Å². The largest absolute Gasteiger partial charge is 0.481 e. The molecule has 5 nitrogen and oxygen atoms in total. The Balaban J connectivity index is 2.11. The van der Waals surface area contributed by atoms with Crippen LogP contribution in [-0.2, 0) is 9.59 Å². The van der Waals surface area contributed by atoms with E-state index < -0.39 is 24.0 Å². The molecule has 0 bridgehead atoms. The fraction of sp³-hybridized carbons (Fsp3) is 0.263. The molecule has 0 saturated carbocycles. The Bertz CT molecular complexity index is 700. The van der Waals surface area contributed by atoms with Crippen molar-refractivity contribution in [1.82, 2.24) is 5.32 Å². The van der Waals surface area contributed by atoms with Crippen LogP contribution in [0.1, 0.15) is 30.5 Å². The van der Waals surface area contributed by atoms with Gasteiger partial charge in [0.2, 0.25) is 0 Å². The molecule has 0 fully saturated rings. The average molecular weight is 327 g/mol. The van der Waals surface area contributed by atoms with Gasteiger partial charge in [-0.1, -0.05) is 49.4 Å². The Labute approximate surface area is 141 Å². The predicted octanol–water partition coefficient (Wildman–Crippen LogP) is 3.09. The van der Waals surface area contributed by atoms with E-state index in [1.54, 1.807) is 36.4 Å². The molecule has 2 atom stereocenters. The van der Waals surface area contributed by atoms with Crippen LogP contribution in [0.5, 0.6) is 5.75 Å². The summed E-state index contributed by atoms with van der Waals surface area (Å²) in [5.41, 5.74) is 1.54. The van der Waals surface area contributed by atoms with Gasteiger partial charge in [0.05, 0.1) is 0 Å². The number of carboxylic acids is 1. The van der Waals surface area contributed by atoms with E-state index in [1.165, 1.54) is 0 Å². The lowest BCUT2D eigenvalue weighted by atomic mass is 10.1. The number of carbonyl (C=O) groups excluding carboxylic acids is 1. The lowest BCUT2D eigenvalue weighted by Crippen LogP contribution is -2.42. The molecule has 0 radical (unpaired) electrons. The lowest BCUT2D eigenvalue weighted by Gasteiger charge is -2.21. The zero-order valence-electron chi connectivity index (χ0n) is 13.7. The van der Waals surface area contributed by atoms with Gasteiger partial charge in [0.1, 0.15) is 5.75 Å². The van der Waals surface area contributed by atoms with Crippen LogP contribution in [0.3, 0.4) is 0 Å². The van der Waals surface area contributed by atoms with Gasteiger partial charge in [0, 0.05) is 0 Å². The number of hydrogen-bond acceptors (Lipinski definition) is 3. The van der Waals surface area contributed by atoms with Crippen molar-refractivity contribution in [3.8, 4) is 5.75 Å². The molecular weight excluding hydrogens is 306 g/mol. The maximum atomic E-state index is 12.5. The number of carbonyl (C=O) groups is 2. The highest BCUT2D eigenvalue weighted by Crippen LogP contribution is 2.17. The smallest absolute Gasteiger partial charge is 0.330 e. The third-order valence-corrected chi connectivity index (χ3v) is 3.60. The molecule has 1 amide bonds. The summed E-state index contributed by atoms with van der Waals surface area (Å²) in [4.78, 5) is 23.9. The fourth-order valence-electron chi connectivity index (χ4n) is 2.34. The first-order chi connectivity index (χ1) is 11.5. The highest BCUT2D eigenvalue weighted by atomic mass is 16.5. The van der Waals surface area contributed by atoms with Gasteiger partial charge in [-0.3, -0.25) is 4.79 Å². The minimum absolute atomic E-state index is 0.431. The topological polar surface area (TPSA) is 75.6 Å². The molecule has 0 aliphatic carbocycles. The van der Waals surface area contributed by atoms with Crippen molar-refractivity contribution >= 4 is 11.9 Å². The number of amides is 1. The number of benzene rings is 2. The molecule has 24 heavy (non-hydrogen) atoms. The minimum Gasteiger partial charge on any atom is -0.481 e. The fourth-order valence-corrected chi connectivity index (χ4v) is 2.34. The van der Waals surface area contributed by atoms with Crippen LogP contribution >= 0.6 is 0 Å². The highest BCUT2D eigenvalue weighted by molar-refractivity contribution is 5.87. The molecule has 2 aromatic rings. The molecule has 2 N–H and O–H groups in total. The first-order valence-electron chi connectivity index (χ1n) is 7.82. The maximum absolute atomic E-state index is 12.5. The summed E-state index contributed by atoms with van der Waals surface area (Å²) in [6, 6.07) is 14.9. The summed E-state index contributed by atoms with van der Waals surface area (Å²) in [6.45, 7) is 3.75. The van der Waals surface area contributed by atoms with E-state index in [-0.39, 0.29) is 0 Å². The summed E-state index contributed by atoms with van der Waals surface area (Å²) in [5, 5.41) is 12.0. The second-order valence-electron chi connectivity index (χ2n) is 5.52. The summed E-state index contributed by atoms with van der Waals surface area (Å²) >= 11 is 0. The Morgan fingerprint density at radius 1 is 1.12 bits per heavy atom. The molecule has 5 heteroatoms. The third kappa shape index (κ3) is 4.59. The molecule has 2 aromatic carbocycles. The van der Waals surface area contributed by atoms with Crippen LogP contribution in [0.25, 0.3) is 0 Å². The van der Waals surface area contributed by atoms with Gasteiger partial charge in [0.15, 0.2) is 12.1 Å². The van der Waals surface area contributed by atoms with Gasteiger partial charge in [-0.15, -0.1) is 0 Å². The van der Waals surface area contributed by atoms with Crippen molar-refractivity contribution in [1.29, 1.82) is 0 Å². The lowest BCUT2D eigenvalue weighted by molar-refractivity contribution is -0.143. The van der Waals surface area contributed by atoms with E-state index in [9.17, 15) is 14.7 Å². The van der Waals surface area contributed by atoms with Gasteiger partial charge in [-0.2, -0.15) is 0 Å². The molecule has 2 rings (SSSR count). The number of hydrogen-bond donors (Lipinski definition) is 2. The van der Waals surface area contributed by atoms with Crippen LogP contribution in [0.4, 0.5) is 0 Å². The predicted molar refractivity (Wildman–Crippen MR) is 90.8 cm³/mol. The van der Waals surface area contributed by atoms with Crippen LogP contribution in [-0.4, -0.2) is 23.1 Å². The minimum atomic E-state index is -1.11. The van der Waals surface area contributed by atoms with Gasteiger partial charge < -0.3 is 15.2 Å². The van der Waals surface area contributed by atoms with Crippen LogP contribution in [0.2, 0.25) is 0 Å². The summed E-state index contributed by atoms with van der Waals surface area (Å²) in [6.07, 6.45) is -0.321. The van der Waals surface area contributed by atoms with E-state index in [0.29, 0.717) is 17.7 Å². The summed E-state index contributed by atoms with van der Waals surface area (Å²) in [5.74, 6) is -0.973. The van der Waals surface area contributed by atoms with E-state index in [0.717, 1.165) is 5.56 Å². The number of carboxylic acid groups (broad SMARTS) is 1. The Hall–Kier alpha value is -2.82. The molecule has 0 aliphatic rings. The molecule has 0 spiro atoms. The quantitative estimate of drug-likeness (QED) is 0.819. The Morgan fingerprint density at radius 3 is 2.42 bits per heavy atom. The third-order valence-electron chi connectivity index (χ3n) is 3.60. The van der Waals surface area contributed by atoms with Crippen LogP contribution in [0.15, 0.2) is 54.6 Å².